The van der Waals surface area contributed by atoms with Crippen molar-refractivity contribution in [1.29, 1.82) is 0 Å². The SMILES string of the molecule is C1=CCC(=P(N=P(c2ccccc2)(c2ccccc2)c2ccccc2)(c2ccccc2)c2ccccc2)C=C1. The highest BCUT2D eigenvalue weighted by atomic mass is 31.2. The number of nitrogens with zero attached hydrogens (tertiary/aromatic N) is 1. The van der Waals surface area contributed by atoms with Gasteiger partial charge in [-0.3, -0.25) is 4.52 Å². The molecule has 190 valence electrons. The molecule has 0 saturated carbocycles. The number of rotatable bonds is 6. The minimum atomic E-state index is -2.48. The van der Waals surface area contributed by atoms with Crippen LogP contribution < -0.4 is 26.5 Å². The normalized spacial score (nSPS) is 13.3. The topological polar surface area (TPSA) is 12.4 Å². The highest BCUT2D eigenvalue weighted by Gasteiger charge is 2.34. The maximum atomic E-state index is 6.41. The molecular weight excluding hydrogens is 508 g/mol. The third-order valence-electron chi connectivity index (χ3n) is 7.20. The fraction of sp³-hybridized carbons (Fsp3) is 0.0278. The van der Waals surface area contributed by atoms with Gasteiger partial charge in [-0.1, -0.05) is 176 Å². The molecule has 0 fully saturated rings. The average molecular weight is 540 g/mol. The van der Waals surface area contributed by atoms with Crippen LogP contribution >= 0.6 is 14.1 Å². The van der Waals surface area contributed by atoms with Gasteiger partial charge in [-0.15, -0.1) is 0 Å². The van der Waals surface area contributed by atoms with Crippen LogP contribution in [0.5, 0.6) is 0 Å². The molecule has 39 heavy (non-hydrogen) atoms. The van der Waals surface area contributed by atoms with Gasteiger partial charge in [-0.05, 0) is 11.7 Å². The van der Waals surface area contributed by atoms with Gasteiger partial charge in [0.2, 0.25) is 0 Å². The molecule has 1 aliphatic rings. The van der Waals surface area contributed by atoms with Crippen LogP contribution in [0.1, 0.15) is 6.42 Å². The minimum absolute atomic E-state index is 0.885. The summed E-state index contributed by atoms with van der Waals surface area (Å²) in [5.41, 5.74) is 0. The number of hydrogen-bond acceptors (Lipinski definition) is 1. The zero-order valence-electron chi connectivity index (χ0n) is 21.8. The monoisotopic (exact) mass is 539 g/mol. The summed E-state index contributed by atoms with van der Waals surface area (Å²) in [5.74, 6) is 0. The quantitative estimate of drug-likeness (QED) is 0.199. The summed E-state index contributed by atoms with van der Waals surface area (Å²) in [6.45, 7) is 0. The summed E-state index contributed by atoms with van der Waals surface area (Å²) in [5, 5.41) is 7.78. The van der Waals surface area contributed by atoms with Gasteiger partial charge in [-0.2, -0.15) is 0 Å². The van der Waals surface area contributed by atoms with Crippen LogP contribution in [0.4, 0.5) is 0 Å². The lowest BCUT2D eigenvalue weighted by Gasteiger charge is -2.35. The van der Waals surface area contributed by atoms with Crippen molar-refractivity contribution in [1.82, 2.24) is 0 Å². The van der Waals surface area contributed by atoms with E-state index in [0.29, 0.717) is 0 Å². The third-order valence-corrected chi connectivity index (χ3v) is 15.7. The third kappa shape index (κ3) is 4.74. The predicted octanol–water partition coefficient (Wildman–Crippen LogP) is 7.44. The molecule has 3 heteroatoms. The molecule has 5 aromatic carbocycles. The van der Waals surface area contributed by atoms with Gasteiger partial charge in [0.1, 0.15) is 0 Å². The van der Waals surface area contributed by atoms with Crippen LogP contribution in [-0.2, 0) is 0 Å². The first-order valence-corrected chi connectivity index (χ1v) is 16.8. The average Bonchev–Trinajstić information content (AvgIpc) is 3.04. The highest BCUT2D eigenvalue weighted by molar-refractivity contribution is 7.98. The smallest absolute Gasteiger partial charge is 0.0600 e. The standard InChI is InChI=1S/C36H31NP2/c1-7-19-31(20-8-1)38(32-21-9-2-10-22-32,33-23-11-3-12-24-33)37-39(34-25-13-4-14-26-34,35-27-15-5-16-28-35)36-29-17-6-18-30-36/h1-29H,30H2. The van der Waals surface area contributed by atoms with E-state index in [1.54, 1.807) is 0 Å². The van der Waals surface area contributed by atoms with E-state index >= 15 is 0 Å². The zero-order chi connectivity index (χ0) is 26.4. The molecule has 5 aromatic rings. The maximum absolute atomic E-state index is 6.41. The summed E-state index contributed by atoms with van der Waals surface area (Å²) >= 11 is 0. The Morgan fingerprint density at radius 3 is 1.10 bits per heavy atom. The molecule has 0 spiro atoms. The van der Waals surface area contributed by atoms with Crippen molar-refractivity contribution in [2.45, 2.75) is 6.42 Å². The molecule has 0 atom stereocenters. The molecule has 0 radical (unpaired) electrons. The number of hydrogen-bond donors (Lipinski definition) is 0. The van der Waals surface area contributed by atoms with Crippen molar-refractivity contribution in [3.63, 3.8) is 0 Å². The van der Waals surface area contributed by atoms with Crippen molar-refractivity contribution in [2.75, 3.05) is 0 Å². The van der Waals surface area contributed by atoms with E-state index < -0.39 is 14.1 Å². The van der Waals surface area contributed by atoms with E-state index in [-0.39, 0.29) is 0 Å². The van der Waals surface area contributed by atoms with E-state index in [1.165, 1.54) is 31.8 Å². The van der Waals surface area contributed by atoms with Crippen molar-refractivity contribution < 1.29 is 0 Å². The minimum Gasteiger partial charge on any atom is -0.259 e. The Kier molecular flexibility index (Phi) is 7.46. The van der Waals surface area contributed by atoms with Crippen LogP contribution in [0.25, 0.3) is 0 Å². The summed E-state index contributed by atoms with van der Waals surface area (Å²) in [7, 11) is -4.92. The molecule has 0 unspecified atom stereocenters. The molecule has 6 rings (SSSR count). The van der Waals surface area contributed by atoms with Crippen LogP contribution in [0.15, 0.2) is 180 Å². The van der Waals surface area contributed by atoms with Crippen LogP contribution in [0.3, 0.4) is 0 Å². The second kappa shape index (κ2) is 11.5. The zero-order valence-corrected chi connectivity index (χ0v) is 23.6. The van der Waals surface area contributed by atoms with E-state index in [2.05, 4.69) is 176 Å². The van der Waals surface area contributed by atoms with Gasteiger partial charge in [0.25, 0.3) is 0 Å². The highest BCUT2D eigenvalue weighted by Crippen LogP contribution is 2.61. The van der Waals surface area contributed by atoms with Gasteiger partial charge in [0.05, 0.1) is 14.1 Å². The number of allylic oxidation sites excluding steroid dienone is 4. The van der Waals surface area contributed by atoms with Gasteiger partial charge >= 0.3 is 0 Å². The lowest BCUT2D eigenvalue weighted by Crippen LogP contribution is -2.28. The maximum Gasteiger partial charge on any atom is 0.0600 e. The largest absolute Gasteiger partial charge is 0.259 e. The summed E-state index contributed by atoms with van der Waals surface area (Å²) in [6, 6.07) is 55.0. The fourth-order valence-corrected chi connectivity index (χ4v) is 15.1. The van der Waals surface area contributed by atoms with E-state index in [1.807, 2.05) is 0 Å². The lowest BCUT2D eigenvalue weighted by molar-refractivity contribution is 1.50. The fourth-order valence-electron chi connectivity index (χ4n) is 5.41. The second-order valence-corrected chi connectivity index (χ2v) is 15.9. The van der Waals surface area contributed by atoms with Crippen LogP contribution in [-0.4, -0.2) is 5.29 Å². The molecule has 1 nitrogen and oxygen atoms in total. The first kappa shape index (κ1) is 25.4. The van der Waals surface area contributed by atoms with E-state index in [9.17, 15) is 0 Å². The second-order valence-electron chi connectivity index (χ2n) is 9.52. The molecule has 0 amide bonds. The van der Waals surface area contributed by atoms with Gasteiger partial charge in [-0.25, -0.2) is 0 Å². The van der Waals surface area contributed by atoms with Crippen molar-refractivity contribution in [2.24, 2.45) is 4.52 Å². The first-order valence-electron chi connectivity index (χ1n) is 13.3. The Morgan fingerprint density at radius 1 is 0.410 bits per heavy atom. The molecular formula is C36H31NP2. The van der Waals surface area contributed by atoms with Crippen molar-refractivity contribution in [3.05, 3.63) is 176 Å². The molecule has 0 bridgehead atoms. The summed E-state index contributed by atoms with van der Waals surface area (Å²) in [6.07, 6.45) is 9.83. The summed E-state index contributed by atoms with van der Waals surface area (Å²) < 4.78 is 6.41. The molecule has 0 aliphatic heterocycles. The van der Waals surface area contributed by atoms with E-state index in [0.717, 1.165) is 6.42 Å². The number of benzene rings is 5. The van der Waals surface area contributed by atoms with E-state index in [4.69, 9.17) is 4.52 Å². The summed E-state index contributed by atoms with van der Waals surface area (Å²) in [4.78, 5) is 0. The molecule has 0 heterocycles. The predicted molar refractivity (Wildman–Crippen MR) is 175 cm³/mol. The Morgan fingerprint density at radius 2 is 0.769 bits per heavy atom. The molecule has 1 aliphatic carbocycles. The Hall–Kier alpha value is -3.89. The first-order chi connectivity index (χ1) is 19.3. The Balaban J connectivity index is 1.90. The molecule has 0 saturated heterocycles. The van der Waals surface area contributed by atoms with Gasteiger partial charge < -0.3 is 0 Å². The van der Waals surface area contributed by atoms with Gasteiger partial charge in [0.15, 0.2) is 0 Å². The Labute approximate surface area is 232 Å². The van der Waals surface area contributed by atoms with Crippen molar-refractivity contribution in [3.8, 4) is 0 Å². The van der Waals surface area contributed by atoms with Crippen molar-refractivity contribution >= 4 is 45.9 Å². The lowest BCUT2D eigenvalue weighted by atomic mass is 10.2. The Bertz CT molecular complexity index is 1560. The van der Waals surface area contributed by atoms with Gasteiger partial charge in [0, 0.05) is 26.5 Å². The van der Waals surface area contributed by atoms with Crippen LogP contribution in [0, 0.1) is 0 Å². The molecule has 0 N–H and O–H groups in total. The van der Waals surface area contributed by atoms with Crippen LogP contribution in [0.2, 0.25) is 0 Å². The molecule has 0 aromatic heterocycles.